The van der Waals surface area contributed by atoms with Gasteiger partial charge in [0.05, 0.1) is 16.9 Å². The second-order valence-electron chi connectivity index (χ2n) is 4.73. The number of para-hydroxylation sites is 1. The molecule has 98 valence electrons. The van der Waals surface area contributed by atoms with Gasteiger partial charge in [-0.3, -0.25) is 0 Å². The molecule has 0 radical (unpaired) electrons. The van der Waals surface area contributed by atoms with Crippen molar-refractivity contribution >= 4 is 17.3 Å². The third-order valence-corrected chi connectivity index (χ3v) is 3.54. The fraction of sp³-hybridized carbons (Fsp3) is 0.462. The van der Waals surface area contributed by atoms with Crippen LogP contribution in [0.4, 0.5) is 11.4 Å². The van der Waals surface area contributed by atoms with E-state index in [1.165, 1.54) is 18.9 Å². The Morgan fingerprint density at radius 1 is 1.61 bits per heavy atom. The topological polar surface area (TPSA) is 78.6 Å². The molecule has 1 aliphatic heterocycles. The van der Waals surface area contributed by atoms with E-state index in [4.69, 9.17) is 10.8 Å². The van der Waals surface area contributed by atoms with Gasteiger partial charge in [-0.15, -0.1) is 0 Å². The van der Waals surface area contributed by atoms with Gasteiger partial charge < -0.3 is 21.1 Å². The van der Waals surface area contributed by atoms with E-state index in [1.54, 1.807) is 6.07 Å². The predicted molar refractivity (Wildman–Crippen MR) is 72.0 cm³/mol. The normalized spacial score (nSPS) is 19.9. The number of rotatable bonds is 4. The van der Waals surface area contributed by atoms with Gasteiger partial charge in [-0.05, 0) is 38.6 Å². The highest BCUT2D eigenvalue weighted by molar-refractivity contribution is 5.97. The summed E-state index contributed by atoms with van der Waals surface area (Å²) in [6.45, 7) is 1.92. The molecule has 1 aromatic carbocycles. The predicted octanol–water partition coefficient (Wildman–Crippen LogP) is 1.47. The number of likely N-dealkylation sites (N-methyl/N-ethyl adjacent to an activating group) is 1. The Kier molecular flexibility index (Phi) is 3.72. The van der Waals surface area contributed by atoms with Crippen LogP contribution in [-0.4, -0.2) is 42.2 Å². The van der Waals surface area contributed by atoms with Crippen molar-refractivity contribution in [3.63, 3.8) is 0 Å². The summed E-state index contributed by atoms with van der Waals surface area (Å²) in [6.07, 6.45) is 2.38. The SMILES string of the molecule is CN1CCCC1CNc1cccc(C(=O)O)c1N. The molecule has 0 saturated carbocycles. The summed E-state index contributed by atoms with van der Waals surface area (Å²) in [5, 5.41) is 12.2. The van der Waals surface area contributed by atoms with E-state index in [2.05, 4.69) is 17.3 Å². The number of nitrogen functional groups attached to an aromatic ring is 1. The van der Waals surface area contributed by atoms with Crippen molar-refractivity contribution in [1.82, 2.24) is 4.90 Å². The molecular weight excluding hydrogens is 230 g/mol. The van der Waals surface area contributed by atoms with Gasteiger partial charge in [0.15, 0.2) is 0 Å². The minimum absolute atomic E-state index is 0.153. The van der Waals surface area contributed by atoms with Crippen molar-refractivity contribution in [2.75, 3.05) is 31.2 Å². The van der Waals surface area contributed by atoms with Crippen LogP contribution < -0.4 is 11.1 Å². The Bertz CT molecular complexity index is 448. The van der Waals surface area contributed by atoms with E-state index in [9.17, 15) is 4.79 Å². The van der Waals surface area contributed by atoms with Crippen molar-refractivity contribution in [2.24, 2.45) is 0 Å². The van der Waals surface area contributed by atoms with Gasteiger partial charge in [0.25, 0.3) is 0 Å². The highest BCUT2D eigenvalue weighted by Gasteiger charge is 2.20. The Morgan fingerprint density at radius 2 is 2.39 bits per heavy atom. The lowest BCUT2D eigenvalue weighted by Gasteiger charge is -2.21. The number of nitrogens with one attached hydrogen (secondary N) is 1. The van der Waals surface area contributed by atoms with Crippen LogP contribution in [-0.2, 0) is 0 Å². The minimum Gasteiger partial charge on any atom is -0.478 e. The average Bonchev–Trinajstić information content (AvgIpc) is 2.73. The maximum Gasteiger partial charge on any atom is 0.337 e. The summed E-state index contributed by atoms with van der Waals surface area (Å²) in [6, 6.07) is 5.54. The smallest absolute Gasteiger partial charge is 0.337 e. The zero-order chi connectivity index (χ0) is 13.1. The van der Waals surface area contributed by atoms with Crippen molar-refractivity contribution in [2.45, 2.75) is 18.9 Å². The van der Waals surface area contributed by atoms with Gasteiger partial charge in [-0.25, -0.2) is 4.79 Å². The molecule has 5 nitrogen and oxygen atoms in total. The molecule has 2 rings (SSSR count). The summed E-state index contributed by atoms with van der Waals surface area (Å²) in [4.78, 5) is 13.3. The summed E-state index contributed by atoms with van der Waals surface area (Å²) in [5.74, 6) is -0.992. The van der Waals surface area contributed by atoms with Crippen molar-refractivity contribution in [3.05, 3.63) is 23.8 Å². The van der Waals surface area contributed by atoms with Crippen LogP contribution in [0.15, 0.2) is 18.2 Å². The third-order valence-electron chi connectivity index (χ3n) is 3.54. The second kappa shape index (κ2) is 5.27. The molecule has 0 bridgehead atoms. The van der Waals surface area contributed by atoms with Gasteiger partial charge in [-0.2, -0.15) is 0 Å². The summed E-state index contributed by atoms with van der Waals surface area (Å²) < 4.78 is 0. The van der Waals surface area contributed by atoms with Gasteiger partial charge in [0.1, 0.15) is 0 Å². The standard InChI is InChI=1S/C13H19N3O2/c1-16-7-3-4-9(16)8-15-11-6-2-5-10(12(11)14)13(17)18/h2,5-6,9,15H,3-4,7-8,14H2,1H3,(H,17,18). The van der Waals surface area contributed by atoms with Crippen LogP contribution >= 0.6 is 0 Å². The van der Waals surface area contributed by atoms with Crippen LogP contribution in [0.25, 0.3) is 0 Å². The number of carbonyl (C=O) groups is 1. The maximum atomic E-state index is 11.0. The quantitative estimate of drug-likeness (QED) is 0.704. The number of benzene rings is 1. The van der Waals surface area contributed by atoms with Crippen molar-refractivity contribution in [3.8, 4) is 0 Å². The first kappa shape index (κ1) is 12.7. The zero-order valence-corrected chi connectivity index (χ0v) is 10.5. The Labute approximate surface area is 107 Å². The van der Waals surface area contributed by atoms with Gasteiger partial charge >= 0.3 is 5.97 Å². The second-order valence-corrected chi connectivity index (χ2v) is 4.73. The highest BCUT2D eigenvalue weighted by Crippen LogP contribution is 2.24. The number of nitrogens with two attached hydrogens (primary N) is 1. The number of aromatic carboxylic acids is 1. The summed E-state index contributed by atoms with van der Waals surface area (Å²) in [7, 11) is 2.11. The number of anilines is 2. The Morgan fingerprint density at radius 3 is 3.00 bits per heavy atom. The molecule has 0 aliphatic carbocycles. The van der Waals surface area contributed by atoms with E-state index in [0.717, 1.165) is 13.1 Å². The first-order chi connectivity index (χ1) is 8.59. The fourth-order valence-corrected chi connectivity index (χ4v) is 2.37. The van der Waals surface area contributed by atoms with E-state index in [-0.39, 0.29) is 5.56 Å². The van der Waals surface area contributed by atoms with E-state index < -0.39 is 5.97 Å². The van der Waals surface area contributed by atoms with Crippen LogP contribution in [0, 0.1) is 0 Å². The molecule has 1 aliphatic rings. The van der Waals surface area contributed by atoms with Crippen LogP contribution in [0.5, 0.6) is 0 Å². The zero-order valence-electron chi connectivity index (χ0n) is 10.5. The Hall–Kier alpha value is -1.75. The molecular formula is C13H19N3O2. The van der Waals surface area contributed by atoms with E-state index in [1.807, 2.05) is 6.07 Å². The molecule has 1 aromatic rings. The molecule has 5 heteroatoms. The van der Waals surface area contributed by atoms with Crippen molar-refractivity contribution in [1.29, 1.82) is 0 Å². The number of carboxylic acid groups (broad SMARTS) is 1. The molecule has 0 spiro atoms. The van der Waals surface area contributed by atoms with Crippen LogP contribution in [0.2, 0.25) is 0 Å². The molecule has 18 heavy (non-hydrogen) atoms. The minimum atomic E-state index is -0.992. The molecule has 0 amide bonds. The third kappa shape index (κ3) is 2.56. The van der Waals surface area contributed by atoms with Gasteiger partial charge in [0.2, 0.25) is 0 Å². The highest BCUT2D eigenvalue weighted by atomic mass is 16.4. The fourth-order valence-electron chi connectivity index (χ4n) is 2.37. The summed E-state index contributed by atoms with van der Waals surface area (Å²) >= 11 is 0. The first-order valence-electron chi connectivity index (χ1n) is 6.15. The number of nitrogens with zero attached hydrogens (tertiary/aromatic N) is 1. The molecule has 1 unspecified atom stereocenters. The molecule has 1 atom stereocenters. The lowest BCUT2D eigenvalue weighted by molar-refractivity contribution is 0.0698. The molecule has 1 fully saturated rings. The van der Waals surface area contributed by atoms with Crippen molar-refractivity contribution < 1.29 is 9.90 Å². The largest absolute Gasteiger partial charge is 0.478 e. The number of hydrogen-bond acceptors (Lipinski definition) is 4. The maximum absolute atomic E-state index is 11.0. The average molecular weight is 249 g/mol. The monoisotopic (exact) mass is 249 g/mol. The Balaban J connectivity index is 2.05. The molecule has 1 heterocycles. The first-order valence-corrected chi connectivity index (χ1v) is 6.15. The summed E-state index contributed by atoms with van der Waals surface area (Å²) in [5.41, 5.74) is 7.01. The van der Waals surface area contributed by atoms with E-state index >= 15 is 0 Å². The lowest BCUT2D eigenvalue weighted by atomic mass is 10.1. The molecule has 1 saturated heterocycles. The molecule has 0 aromatic heterocycles. The number of hydrogen-bond donors (Lipinski definition) is 3. The van der Waals surface area contributed by atoms with Gasteiger partial charge in [0, 0.05) is 12.6 Å². The number of carboxylic acids is 1. The van der Waals surface area contributed by atoms with Crippen LogP contribution in [0.1, 0.15) is 23.2 Å². The van der Waals surface area contributed by atoms with E-state index in [0.29, 0.717) is 17.4 Å². The van der Waals surface area contributed by atoms with Gasteiger partial charge in [-0.1, -0.05) is 6.07 Å². The lowest BCUT2D eigenvalue weighted by Crippen LogP contribution is -2.31. The van der Waals surface area contributed by atoms with Crippen LogP contribution in [0.3, 0.4) is 0 Å². The number of likely N-dealkylation sites (tertiary alicyclic amines) is 1. The molecule has 4 N–H and O–H groups in total.